The van der Waals surface area contributed by atoms with E-state index in [2.05, 4.69) is 10.3 Å². The van der Waals surface area contributed by atoms with Crippen molar-refractivity contribution in [2.75, 3.05) is 5.32 Å². The molecule has 1 aromatic heterocycles. The van der Waals surface area contributed by atoms with Gasteiger partial charge in [-0.15, -0.1) is 11.3 Å². The van der Waals surface area contributed by atoms with Crippen LogP contribution < -0.4 is 5.32 Å². The Balaban J connectivity index is 2.20. The van der Waals surface area contributed by atoms with Crippen molar-refractivity contribution in [3.05, 3.63) is 45.0 Å². The Kier molecular flexibility index (Phi) is 3.43. The molecular formula is C11H9N3O4S. The summed E-state index contributed by atoms with van der Waals surface area (Å²) in [6, 6.07) is 3.40. The van der Waals surface area contributed by atoms with E-state index in [0.29, 0.717) is 5.13 Å². The number of phenols is 1. The van der Waals surface area contributed by atoms with Gasteiger partial charge in [0, 0.05) is 22.7 Å². The molecule has 1 heterocycles. The number of aromatic hydroxyl groups is 1. The van der Waals surface area contributed by atoms with Crippen molar-refractivity contribution < 1.29 is 14.8 Å². The third-order valence-corrected chi connectivity index (χ3v) is 3.10. The molecule has 1 aromatic carbocycles. The van der Waals surface area contributed by atoms with Crippen LogP contribution in [0.1, 0.15) is 15.2 Å². The number of nitro groups is 1. The molecule has 0 unspecified atom stereocenters. The molecule has 0 aliphatic carbocycles. The average molecular weight is 279 g/mol. The smallest absolute Gasteiger partial charge is 0.310 e. The molecule has 0 saturated heterocycles. The number of nitrogens with zero attached hydrogens (tertiary/aromatic N) is 2. The third kappa shape index (κ3) is 2.86. The normalized spacial score (nSPS) is 10.2. The first kappa shape index (κ1) is 13.0. The molecule has 0 aliphatic heterocycles. The Morgan fingerprint density at radius 2 is 2.26 bits per heavy atom. The molecule has 2 N–H and O–H groups in total. The third-order valence-electron chi connectivity index (χ3n) is 2.28. The van der Waals surface area contributed by atoms with Crippen molar-refractivity contribution in [2.24, 2.45) is 0 Å². The van der Waals surface area contributed by atoms with Crippen LogP contribution in [0.5, 0.6) is 5.75 Å². The topological polar surface area (TPSA) is 105 Å². The van der Waals surface area contributed by atoms with E-state index < -0.39 is 22.3 Å². The summed E-state index contributed by atoms with van der Waals surface area (Å²) in [7, 11) is 0. The van der Waals surface area contributed by atoms with Gasteiger partial charge in [0.2, 0.25) is 0 Å². The number of hydrogen-bond donors (Lipinski definition) is 2. The molecule has 0 atom stereocenters. The van der Waals surface area contributed by atoms with Crippen LogP contribution in [0.3, 0.4) is 0 Å². The molecular weight excluding hydrogens is 270 g/mol. The van der Waals surface area contributed by atoms with Gasteiger partial charge in [0.25, 0.3) is 5.91 Å². The lowest BCUT2D eigenvalue weighted by Gasteiger charge is -2.02. The van der Waals surface area contributed by atoms with Gasteiger partial charge < -0.3 is 5.11 Å². The SMILES string of the molecule is Cc1cnc(NC(=O)c2ccc([N+](=O)[O-])c(O)c2)s1. The fourth-order valence-corrected chi connectivity index (χ4v) is 2.06. The second-order valence-electron chi connectivity index (χ2n) is 3.69. The monoisotopic (exact) mass is 279 g/mol. The average Bonchev–Trinajstić information content (AvgIpc) is 2.74. The fraction of sp³-hybridized carbons (Fsp3) is 0.0909. The Labute approximate surface area is 111 Å². The molecule has 2 aromatic rings. The van der Waals surface area contributed by atoms with Gasteiger partial charge in [0.15, 0.2) is 10.9 Å². The van der Waals surface area contributed by atoms with Crippen molar-refractivity contribution in [2.45, 2.75) is 6.92 Å². The number of hydrogen-bond acceptors (Lipinski definition) is 6. The molecule has 0 saturated carbocycles. The highest BCUT2D eigenvalue weighted by Crippen LogP contribution is 2.26. The molecule has 8 heteroatoms. The number of carbonyl (C=O) groups excluding carboxylic acids is 1. The molecule has 2 rings (SSSR count). The number of carbonyl (C=O) groups is 1. The Morgan fingerprint density at radius 1 is 1.53 bits per heavy atom. The highest BCUT2D eigenvalue weighted by atomic mass is 32.1. The van der Waals surface area contributed by atoms with Gasteiger partial charge in [-0.05, 0) is 19.1 Å². The van der Waals surface area contributed by atoms with Gasteiger partial charge >= 0.3 is 5.69 Å². The molecule has 0 bridgehead atoms. The van der Waals surface area contributed by atoms with Crippen molar-refractivity contribution in [3.8, 4) is 5.75 Å². The summed E-state index contributed by atoms with van der Waals surface area (Å²) in [6.45, 7) is 1.85. The van der Waals surface area contributed by atoms with Crippen molar-refractivity contribution in [1.82, 2.24) is 4.98 Å². The van der Waals surface area contributed by atoms with Gasteiger partial charge in [0.1, 0.15) is 0 Å². The summed E-state index contributed by atoms with van der Waals surface area (Å²) < 4.78 is 0. The minimum absolute atomic E-state index is 0.121. The summed E-state index contributed by atoms with van der Waals surface area (Å²) in [6.07, 6.45) is 1.62. The van der Waals surface area contributed by atoms with E-state index in [0.717, 1.165) is 17.0 Å². The first-order chi connectivity index (χ1) is 8.97. The fourth-order valence-electron chi connectivity index (χ4n) is 1.40. The quantitative estimate of drug-likeness (QED) is 0.662. The van der Waals surface area contributed by atoms with Crippen LogP contribution in [0.4, 0.5) is 10.8 Å². The second-order valence-corrected chi connectivity index (χ2v) is 4.93. The summed E-state index contributed by atoms with van der Waals surface area (Å²) in [5.41, 5.74) is -0.322. The van der Waals surface area contributed by atoms with Gasteiger partial charge in [-0.25, -0.2) is 4.98 Å². The standard InChI is InChI=1S/C11H9N3O4S/c1-6-5-12-11(19-6)13-10(16)7-2-3-8(14(17)18)9(15)4-7/h2-5,15H,1H3,(H,12,13,16). The molecule has 98 valence electrons. The maximum absolute atomic E-state index is 11.8. The summed E-state index contributed by atoms with van der Waals surface area (Å²) >= 11 is 1.31. The Bertz CT molecular complexity index is 653. The Morgan fingerprint density at radius 3 is 2.79 bits per heavy atom. The predicted octanol–water partition coefficient (Wildman–Crippen LogP) is 2.32. The first-order valence-corrected chi connectivity index (χ1v) is 6.00. The number of amides is 1. The van der Waals surface area contributed by atoms with Crippen molar-refractivity contribution in [3.63, 3.8) is 0 Å². The van der Waals surface area contributed by atoms with Gasteiger partial charge in [0.05, 0.1) is 4.92 Å². The highest BCUT2D eigenvalue weighted by molar-refractivity contribution is 7.15. The van der Waals surface area contributed by atoms with E-state index in [-0.39, 0.29) is 5.56 Å². The maximum Gasteiger partial charge on any atom is 0.310 e. The van der Waals surface area contributed by atoms with E-state index in [1.165, 1.54) is 17.4 Å². The van der Waals surface area contributed by atoms with E-state index in [9.17, 15) is 20.0 Å². The molecule has 1 amide bonds. The van der Waals surface area contributed by atoms with Gasteiger partial charge in [-0.3, -0.25) is 20.2 Å². The second kappa shape index (κ2) is 5.02. The van der Waals surface area contributed by atoms with Crippen LogP contribution >= 0.6 is 11.3 Å². The van der Waals surface area contributed by atoms with Crippen LogP contribution in [0.2, 0.25) is 0 Å². The minimum atomic E-state index is -0.721. The lowest BCUT2D eigenvalue weighted by Crippen LogP contribution is -2.11. The molecule has 7 nitrogen and oxygen atoms in total. The van der Waals surface area contributed by atoms with Gasteiger partial charge in [-0.1, -0.05) is 0 Å². The van der Waals surface area contributed by atoms with Gasteiger partial charge in [-0.2, -0.15) is 0 Å². The zero-order valence-corrected chi connectivity index (χ0v) is 10.6. The summed E-state index contributed by atoms with van der Waals surface area (Å²) in [5, 5.41) is 23.0. The number of nitrogens with one attached hydrogen (secondary N) is 1. The van der Waals surface area contributed by atoms with Crippen molar-refractivity contribution in [1.29, 1.82) is 0 Å². The number of aromatic nitrogens is 1. The molecule has 0 radical (unpaired) electrons. The number of anilines is 1. The number of aryl methyl sites for hydroxylation is 1. The lowest BCUT2D eigenvalue weighted by molar-refractivity contribution is -0.385. The van der Waals surface area contributed by atoms with Crippen LogP contribution in [0.25, 0.3) is 0 Å². The number of thiazole rings is 1. The highest BCUT2D eigenvalue weighted by Gasteiger charge is 2.16. The number of benzene rings is 1. The number of rotatable bonds is 3. The first-order valence-electron chi connectivity index (χ1n) is 5.18. The van der Waals surface area contributed by atoms with E-state index >= 15 is 0 Å². The zero-order valence-electron chi connectivity index (χ0n) is 9.78. The van der Waals surface area contributed by atoms with Crippen molar-refractivity contribution >= 4 is 28.1 Å². The minimum Gasteiger partial charge on any atom is -0.502 e. The number of nitro benzene ring substituents is 1. The Hall–Kier alpha value is -2.48. The lowest BCUT2D eigenvalue weighted by atomic mass is 10.2. The maximum atomic E-state index is 11.8. The zero-order chi connectivity index (χ0) is 14.0. The summed E-state index contributed by atoms with van der Waals surface area (Å²) in [4.78, 5) is 26.6. The molecule has 0 spiro atoms. The van der Waals surface area contributed by atoms with E-state index in [4.69, 9.17) is 0 Å². The number of phenolic OH excluding ortho intramolecular Hbond substituents is 1. The van der Waals surface area contributed by atoms with E-state index in [1.807, 2.05) is 6.92 Å². The van der Waals surface area contributed by atoms with Crippen LogP contribution in [-0.2, 0) is 0 Å². The molecule has 0 aliphatic rings. The van der Waals surface area contributed by atoms with Crippen LogP contribution in [0.15, 0.2) is 24.4 Å². The molecule has 0 fully saturated rings. The summed E-state index contributed by atoms with van der Waals surface area (Å²) in [5.74, 6) is -1.03. The molecule has 19 heavy (non-hydrogen) atoms. The van der Waals surface area contributed by atoms with E-state index in [1.54, 1.807) is 6.20 Å². The van der Waals surface area contributed by atoms with Crippen LogP contribution in [0, 0.1) is 17.0 Å². The predicted molar refractivity (Wildman–Crippen MR) is 69.6 cm³/mol. The largest absolute Gasteiger partial charge is 0.502 e. The van der Waals surface area contributed by atoms with Crippen LogP contribution in [-0.4, -0.2) is 20.9 Å².